The van der Waals surface area contributed by atoms with Crippen molar-refractivity contribution < 1.29 is 11.0 Å². The van der Waals surface area contributed by atoms with Crippen molar-refractivity contribution in [2.75, 3.05) is 5.32 Å². The number of hydrogen-bond acceptors (Lipinski definition) is 2. The number of aryl methyl sites for hydroxylation is 2. The summed E-state index contributed by atoms with van der Waals surface area (Å²) >= 11 is 0. The number of amides is 2. The van der Waals surface area contributed by atoms with E-state index in [1.54, 1.807) is 17.9 Å². The Morgan fingerprint density at radius 3 is 2.40 bits per heavy atom. The third-order valence-electron chi connectivity index (χ3n) is 4.61. The molecule has 0 unspecified atom stereocenters. The third-order valence-corrected chi connectivity index (χ3v) is 4.61. The van der Waals surface area contributed by atoms with E-state index in [0.717, 1.165) is 22.4 Å². The number of nitrogens with one attached hydrogen (secondary N) is 1. The highest BCUT2D eigenvalue weighted by Crippen LogP contribution is 2.28. The average molecular weight is 336 g/mol. The highest BCUT2D eigenvalue weighted by Gasteiger charge is 2.36. The highest BCUT2D eigenvalue weighted by atomic mass is 16.2. The molecule has 130 valence electrons. The van der Waals surface area contributed by atoms with Crippen molar-refractivity contribution in [3.63, 3.8) is 0 Å². The predicted octanol–water partition coefficient (Wildman–Crippen LogP) is 4.09. The SMILES string of the molecule is C=C(C)[C@H](C(=O)Nc1c(C)cccc1C)N1Cc2ccccc2C1=O.[HH]. The molecule has 0 aliphatic carbocycles. The number of rotatable bonds is 4. The number of fused-ring (bicyclic) bond motifs is 1. The summed E-state index contributed by atoms with van der Waals surface area (Å²) in [4.78, 5) is 27.3. The molecule has 25 heavy (non-hydrogen) atoms. The molecular weight excluding hydrogens is 312 g/mol. The molecule has 0 aromatic heterocycles. The van der Waals surface area contributed by atoms with E-state index >= 15 is 0 Å². The van der Waals surface area contributed by atoms with E-state index < -0.39 is 6.04 Å². The van der Waals surface area contributed by atoms with Gasteiger partial charge in [-0.25, -0.2) is 0 Å². The number of carbonyl (C=O) groups excluding carboxylic acids is 2. The van der Waals surface area contributed by atoms with Crippen molar-refractivity contribution >= 4 is 17.5 Å². The molecule has 2 aromatic carbocycles. The summed E-state index contributed by atoms with van der Waals surface area (Å²) in [5.41, 5.74) is 5.02. The standard InChI is InChI=1S/C21H22N2O2.H2/c1-13(2)19(20(24)22-18-14(3)8-7-9-15(18)4)23-12-16-10-5-6-11-17(16)21(23)25;/h5-11,19H,1,12H2,2-4H3,(H,22,24);1H/t19-;/m1./s1. The predicted molar refractivity (Wildman–Crippen MR) is 102 cm³/mol. The average Bonchev–Trinajstić information content (AvgIpc) is 2.88. The Morgan fingerprint density at radius 1 is 1.16 bits per heavy atom. The third kappa shape index (κ3) is 3.07. The topological polar surface area (TPSA) is 49.4 Å². The molecular formula is C21H24N2O2. The van der Waals surface area contributed by atoms with E-state index in [2.05, 4.69) is 11.9 Å². The summed E-state index contributed by atoms with van der Waals surface area (Å²) in [6.45, 7) is 10.1. The lowest BCUT2D eigenvalue weighted by molar-refractivity contribution is -0.119. The van der Waals surface area contributed by atoms with Crippen molar-refractivity contribution in [1.82, 2.24) is 4.90 Å². The minimum Gasteiger partial charge on any atom is -0.324 e. The second-order valence-corrected chi connectivity index (χ2v) is 6.60. The first-order valence-electron chi connectivity index (χ1n) is 8.31. The van der Waals surface area contributed by atoms with Crippen LogP contribution in [0.15, 0.2) is 54.6 Å². The van der Waals surface area contributed by atoms with Crippen LogP contribution in [0.2, 0.25) is 0 Å². The van der Waals surface area contributed by atoms with Crippen molar-refractivity contribution in [1.29, 1.82) is 0 Å². The fraction of sp³-hybridized carbons (Fsp3) is 0.238. The lowest BCUT2D eigenvalue weighted by Gasteiger charge is -2.27. The summed E-state index contributed by atoms with van der Waals surface area (Å²) in [6.07, 6.45) is 0. The smallest absolute Gasteiger partial charge is 0.255 e. The molecule has 1 aliphatic heterocycles. The quantitative estimate of drug-likeness (QED) is 0.855. The first-order chi connectivity index (χ1) is 11.9. The monoisotopic (exact) mass is 336 g/mol. The summed E-state index contributed by atoms with van der Waals surface area (Å²) in [7, 11) is 0. The van der Waals surface area contributed by atoms with Gasteiger partial charge < -0.3 is 10.2 Å². The molecule has 2 aromatic rings. The Balaban J connectivity index is 0.00000243. The summed E-state index contributed by atoms with van der Waals surface area (Å²) < 4.78 is 0. The van der Waals surface area contributed by atoms with Gasteiger partial charge in [-0.2, -0.15) is 0 Å². The fourth-order valence-electron chi connectivity index (χ4n) is 3.32. The summed E-state index contributed by atoms with van der Waals surface area (Å²) in [5.74, 6) is -0.355. The Hall–Kier alpha value is -2.88. The zero-order chi connectivity index (χ0) is 18.1. The van der Waals surface area contributed by atoms with Gasteiger partial charge in [-0.05, 0) is 49.1 Å². The first-order valence-corrected chi connectivity index (χ1v) is 8.31. The van der Waals surface area contributed by atoms with Gasteiger partial charge in [0.05, 0.1) is 0 Å². The lowest BCUT2D eigenvalue weighted by atomic mass is 10.1. The first kappa shape index (κ1) is 17.0. The van der Waals surface area contributed by atoms with Gasteiger partial charge in [0.25, 0.3) is 11.8 Å². The van der Waals surface area contributed by atoms with Crippen molar-refractivity contribution in [2.45, 2.75) is 33.4 Å². The zero-order valence-corrected chi connectivity index (χ0v) is 14.8. The largest absolute Gasteiger partial charge is 0.324 e. The number of carbonyl (C=O) groups is 2. The molecule has 0 saturated carbocycles. The van der Waals surface area contributed by atoms with Gasteiger partial charge in [0.2, 0.25) is 0 Å². The Morgan fingerprint density at radius 2 is 1.80 bits per heavy atom. The van der Waals surface area contributed by atoms with Crippen molar-refractivity contribution in [2.24, 2.45) is 0 Å². The van der Waals surface area contributed by atoms with Crippen LogP contribution in [0, 0.1) is 13.8 Å². The minimum atomic E-state index is -0.695. The van der Waals surface area contributed by atoms with Crippen LogP contribution < -0.4 is 5.32 Å². The minimum absolute atomic E-state index is 0. The van der Waals surface area contributed by atoms with Crippen molar-refractivity contribution in [3.8, 4) is 0 Å². The van der Waals surface area contributed by atoms with Crippen molar-refractivity contribution in [3.05, 3.63) is 76.9 Å². The molecule has 1 heterocycles. The van der Waals surface area contributed by atoms with Gasteiger partial charge in [0.15, 0.2) is 0 Å². The van der Waals surface area contributed by atoms with E-state index in [1.807, 2.05) is 50.2 Å². The Labute approximate surface area is 149 Å². The van der Waals surface area contributed by atoms with Crippen LogP contribution >= 0.6 is 0 Å². The van der Waals surface area contributed by atoms with Crippen LogP contribution in [0.25, 0.3) is 0 Å². The highest BCUT2D eigenvalue weighted by molar-refractivity contribution is 6.05. The van der Waals surface area contributed by atoms with Gasteiger partial charge >= 0.3 is 0 Å². The second kappa shape index (κ2) is 6.55. The molecule has 0 bridgehead atoms. The fourth-order valence-corrected chi connectivity index (χ4v) is 3.32. The van der Waals surface area contributed by atoms with Gasteiger partial charge in [0, 0.05) is 19.2 Å². The maximum absolute atomic E-state index is 13.0. The normalized spacial score (nSPS) is 14.2. The summed E-state index contributed by atoms with van der Waals surface area (Å²) in [5, 5.41) is 2.99. The lowest BCUT2D eigenvalue weighted by Crippen LogP contribution is -2.45. The molecule has 0 radical (unpaired) electrons. The molecule has 1 aliphatic rings. The van der Waals surface area contributed by atoms with E-state index in [4.69, 9.17) is 0 Å². The van der Waals surface area contributed by atoms with E-state index in [1.165, 1.54) is 0 Å². The molecule has 0 spiro atoms. The second-order valence-electron chi connectivity index (χ2n) is 6.60. The van der Waals surface area contributed by atoms with Gasteiger partial charge in [-0.3, -0.25) is 9.59 Å². The molecule has 0 saturated heterocycles. The number of anilines is 1. The van der Waals surface area contributed by atoms with Gasteiger partial charge in [-0.15, -0.1) is 0 Å². The Bertz CT molecular complexity index is 856. The van der Waals surface area contributed by atoms with E-state index in [9.17, 15) is 9.59 Å². The molecule has 4 heteroatoms. The van der Waals surface area contributed by atoms with E-state index in [-0.39, 0.29) is 13.2 Å². The Kier molecular flexibility index (Phi) is 4.45. The summed E-state index contributed by atoms with van der Waals surface area (Å²) in [6, 6.07) is 12.6. The van der Waals surface area contributed by atoms with Crippen LogP contribution in [-0.2, 0) is 11.3 Å². The number of hydrogen-bond donors (Lipinski definition) is 1. The van der Waals surface area contributed by atoms with Crippen LogP contribution in [0.5, 0.6) is 0 Å². The maximum atomic E-state index is 13.0. The molecule has 1 atom stereocenters. The molecule has 3 rings (SSSR count). The van der Waals surface area contributed by atoms with Crippen LogP contribution in [0.1, 0.15) is 35.4 Å². The zero-order valence-electron chi connectivity index (χ0n) is 14.8. The van der Waals surface area contributed by atoms with Crippen LogP contribution in [0.3, 0.4) is 0 Å². The number of nitrogens with zero attached hydrogens (tertiary/aromatic N) is 1. The number of benzene rings is 2. The van der Waals surface area contributed by atoms with E-state index in [0.29, 0.717) is 17.7 Å². The van der Waals surface area contributed by atoms with Gasteiger partial charge in [-0.1, -0.05) is 43.0 Å². The molecule has 1 N–H and O–H groups in total. The molecule has 2 amide bonds. The maximum Gasteiger partial charge on any atom is 0.255 e. The van der Waals surface area contributed by atoms with Crippen LogP contribution in [0.4, 0.5) is 5.69 Å². The van der Waals surface area contributed by atoms with Gasteiger partial charge in [0.1, 0.15) is 6.04 Å². The number of para-hydroxylation sites is 1. The molecule has 4 nitrogen and oxygen atoms in total. The molecule has 0 fully saturated rings. The van der Waals surface area contributed by atoms with Crippen LogP contribution in [-0.4, -0.2) is 22.8 Å².